The van der Waals surface area contributed by atoms with Crippen molar-refractivity contribution in [1.82, 2.24) is 14.7 Å². The number of anilines is 2. The molecule has 1 atom stereocenters. The molecule has 1 N–H and O–H groups in total. The molecule has 0 radical (unpaired) electrons. The highest BCUT2D eigenvalue weighted by Crippen LogP contribution is 2.19. The number of aryl methyl sites for hydroxylation is 2. The van der Waals surface area contributed by atoms with E-state index in [0.29, 0.717) is 4.47 Å². The molecular formula is C20H28BrN5O. The average molecular weight is 434 g/mol. The highest BCUT2D eigenvalue weighted by Gasteiger charge is 2.18. The number of nitrogens with one attached hydrogen (secondary N) is 1. The van der Waals surface area contributed by atoms with Crippen LogP contribution in [0.5, 0.6) is 0 Å². The van der Waals surface area contributed by atoms with Crippen LogP contribution in [0, 0.1) is 6.92 Å². The molecule has 6 nitrogen and oxygen atoms in total. The van der Waals surface area contributed by atoms with E-state index in [1.165, 1.54) is 15.9 Å². The summed E-state index contributed by atoms with van der Waals surface area (Å²) in [5.74, 6) is 0. The first-order valence-corrected chi connectivity index (χ1v) is 10.3. The van der Waals surface area contributed by atoms with Crippen LogP contribution >= 0.6 is 15.9 Å². The Bertz CT molecular complexity index is 829. The van der Waals surface area contributed by atoms with Crippen molar-refractivity contribution >= 4 is 27.3 Å². The molecule has 0 spiro atoms. The van der Waals surface area contributed by atoms with Crippen molar-refractivity contribution < 1.29 is 0 Å². The molecule has 0 amide bonds. The summed E-state index contributed by atoms with van der Waals surface area (Å²) in [4.78, 5) is 16.9. The standard InChI is InChI=1S/C20H28BrN5O/c1-15-5-4-6-17(13-15)26-11-9-25(10-12-26)8-7-16(2)23-18-14-22-24(3)20(27)19(18)21/h4-6,13-14,16,23H,7-12H2,1-3H3. The van der Waals surface area contributed by atoms with E-state index in [2.05, 4.69) is 74.3 Å². The van der Waals surface area contributed by atoms with E-state index in [1.807, 2.05) is 0 Å². The first-order valence-electron chi connectivity index (χ1n) is 9.46. The lowest BCUT2D eigenvalue weighted by molar-refractivity contribution is 0.251. The monoisotopic (exact) mass is 433 g/mol. The summed E-state index contributed by atoms with van der Waals surface area (Å²) < 4.78 is 1.87. The van der Waals surface area contributed by atoms with Gasteiger partial charge in [0.1, 0.15) is 4.47 Å². The zero-order valence-electron chi connectivity index (χ0n) is 16.3. The third kappa shape index (κ3) is 5.11. The van der Waals surface area contributed by atoms with Gasteiger partial charge in [-0.1, -0.05) is 12.1 Å². The summed E-state index contributed by atoms with van der Waals surface area (Å²) in [6.45, 7) is 9.63. The molecule has 1 saturated heterocycles. The van der Waals surface area contributed by atoms with Crippen LogP contribution in [0.15, 0.2) is 39.7 Å². The van der Waals surface area contributed by atoms with Gasteiger partial charge in [0.15, 0.2) is 0 Å². The largest absolute Gasteiger partial charge is 0.380 e. The Morgan fingerprint density at radius 2 is 2.00 bits per heavy atom. The van der Waals surface area contributed by atoms with E-state index in [1.54, 1.807) is 13.2 Å². The van der Waals surface area contributed by atoms with Crippen LogP contribution in [0.2, 0.25) is 0 Å². The van der Waals surface area contributed by atoms with E-state index in [9.17, 15) is 4.79 Å². The van der Waals surface area contributed by atoms with Gasteiger partial charge in [-0.3, -0.25) is 9.69 Å². The van der Waals surface area contributed by atoms with Gasteiger partial charge in [-0.2, -0.15) is 5.10 Å². The molecule has 27 heavy (non-hydrogen) atoms. The number of aromatic nitrogens is 2. The molecule has 0 aliphatic carbocycles. The molecule has 1 fully saturated rings. The fraction of sp³-hybridized carbons (Fsp3) is 0.500. The minimum absolute atomic E-state index is 0.125. The second-order valence-corrected chi connectivity index (χ2v) is 8.10. The number of benzene rings is 1. The van der Waals surface area contributed by atoms with Crippen molar-refractivity contribution in [3.05, 3.63) is 50.9 Å². The van der Waals surface area contributed by atoms with Crippen LogP contribution in [0.25, 0.3) is 0 Å². The SMILES string of the molecule is Cc1cccc(N2CCN(CCC(C)Nc3cnn(C)c(=O)c3Br)CC2)c1. The summed E-state index contributed by atoms with van der Waals surface area (Å²) in [6, 6.07) is 9.01. The molecule has 7 heteroatoms. The molecule has 2 aromatic rings. The Labute approximate surface area is 169 Å². The summed E-state index contributed by atoms with van der Waals surface area (Å²) in [5.41, 5.74) is 3.27. The Hall–Kier alpha value is -1.86. The van der Waals surface area contributed by atoms with E-state index in [0.717, 1.165) is 44.8 Å². The molecule has 2 heterocycles. The van der Waals surface area contributed by atoms with Crippen molar-refractivity contribution in [2.75, 3.05) is 42.9 Å². The van der Waals surface area contributed by atoms with Crippen molar-refractivity contribution in [2.24, 2.45) is 7.05 Å². The lowest BCUT2D eigenvalue weighted by atomic mass is 10.1. The molecule has 0 bridgehead atoms. The smallest absolute Gasteiger partial charge is 0.282 e. The van der Waals surface area contributed by atoms with Crippen LogP contribution in [0.4, 0.5) is 11.4 Å². The van der Waals surface area contributed by atoms with Gasteiger partial charge in [0.2, 0.25) is 0 Å². The summed E-state index contributed by atoms with van der Waals surface area (Å²) in [6.07, 6.45) is 2.72. The second kappa shape index (κ2) is 8.89. The van der Waals surface area contributed by atoms with Gasteiger partial charge in [0, 0.05) is 51.5 Å². The minimum Gasteiger partial charge on any atom is -0.380 e. The predicted octanol–water partition coefficient (Wildman–Crippen LogP) is 2.86. The molecule has 1 aromatic heterocycles. The summed E-state index contributed by atoms with van der Waals surface area (Å²) in [7, 11) is 1.65. The van der Waals surface area contributed by atoms with Gasteiger partial charge in [0.05, 0.1) is 11.9 Å². The van der Waals surface area contributed by atoms with Crippen molar-refractivity contribution in [2.45, 2.75) is 26.3 Å². The maximum Gasteiger partial charge on any atom is 0.282 e. The van der Waals surface area contributed by atoms with E-state index < -0.39 is 0 Å². The highest BCUT2D eigenvalue weighted by atomic mass is 79.9. The van der Waals surface area contributed by atoms with E-state index in [-0.39, 0.29) is 11.6 Å². The molecule has 3 rings (SSSR count). The van der Waals surface area contributed by atoms with Crippen LogP contribution in [0.1, 0.15) is 18.9 Å². The Balaban J connectivity index is 1.46. The average Bonchev–Trinajstić information content (AvgIpc) is 2.67. The molecule has 0 saturated carbocycles. The van der Waals surface area contributed by atoms with Gasteiger partial charge in [0.25, 0.3) is 5.56 Å². The normalized spacial score (nSPS) is 16.4. The molecule has 1 aliphatic rings. The quantitative estimate of drug-likeness (QED) is 0.758. The molecule has 1 unspecified atom stereocenters. The number of hydrogen-bond acceptors (Lipinski definition) is 5. The fourth-order valence-electron chi connectivity index (χ4n) is 3.38. The number of piperazine rings is 1. The Kier molecular flexibility index (Phi) is 6.55. The third-order valence-electron chi connectivity index (χ3n) is 5.10. The Morgan fingerprint density at radius 3 is 2.70 bits per heavy atom. The number of hydrogen-bond donors (Lipinski definition) is 1. The first kappa shape index (κ1) is 19.9. The summed E-state index contributed by atoms with van der Waals surface area (Å²) in [5, 5.41) is 7.48. The molecule has 1 aliphatic heterocycles. The lowest BCUT2D eigenvalue weighted by Gasteiger charge is -2.36. The maximum absolute atomic E-state index is 11.9. The summed E-state index contributed by atoms with van der Waals surface area (Å²) >= 11 is 3.37. The van der Waals surface area contributed by atoms with E-state index in [4.69, 9.17) is 0 Å². The topological polar surface area (TPSA) is 53.4 Å². The fourth-order valence-corrected chi connectivity index (χ4v) is 3.85. The lowest BCUT2D eigenvalue weighted by Crippen LogP contribution is -2.47. The second-order valence-electron chi connectivity index (χ2n) is 7.30. The third-order valence-corrected chi connectivity index (χ3v) is 5.86. The maximum atomic E-state index is 11.9. The van der Waals surface area contributed by atoms with Gasteiger partial charge >= 0.3 is 0 Å². The van der Waals surface area contributed by atoms with Gasteiger partial charge in [-0.15, -0.1) is 0 Å². The van der Waals surface area contributed by atoms with Crippen LogP contribution in [-0.2, 0) is 7.05 Å². The Morgan fingerprint density at radius 1 is 1.26 bits per heavy atom. The first-order chi connectivity index (χ1) is 12.9. The van der Waals surface area contributed by atoms with E-state index >= 15 is 0 Å². The number of rotatable bonds is 6. The van der Waals surface area contributed by atoms with Gasteiger partial charge in [-0.05, 0) is 53.9 Å². The number of halogens is 1. The van der Waals surface area contributed by atoms with Crippen molar-refractivity contribution in [3.63, 3.8) is 0 Å². The zero-order chi connectivity index (χ0) is 19.4. The molecule has 146 valence electrons. The molecular weight excluding hydrogens is 406 g/mol. The van der Waals surface area contributed by atoms with Crippen molar-refractivity contribution in [3.8, 4) is 0 Å². The predicted molar refractivity (Wildman–Crippen MR) is 115 cm³/mol. The molecule has 1 aromatic carbocycles. The van der Waals surface area contributed by atoms with Crippen LogP contribution in [0.3, 0.4) is 0 Å². The number of nitrogens with zero attached hydrogens (tertiary/aromatic N) is 4. The van der Waals surface area contributed by atoms with Gasteiger partial charge < -0.3 is 10.2 Å². The van der Waals surface area contributed by atoms with Crippen molar-refractivity contribution in [1.29, 1.82) is 0 Å². The van der Waals surface area contributed by atoms with Crippen LogP contribution < -0.4 is 15.8 Å². The minimum atomic E-state index is -0.125. The zero-order valence-corrected chi connectivity index (χ0v) is 17.9. The van der Waals surface area contributed by atoms with Crippen LogP contribution in [-0.4, -0.2) is 53.4 Å². The highest BCUT2D eigenvalue weighted by molar-refractivity contribution is 9.10. The van der Waals surface area contributed by atoms with Gasteiger partial charge in [-0.25, -0.2) is 4.68 Å².